The van der Waals surface area contributed by atoms with Crippen LogP contribution in [0.3, 0.4) is 0 Å². The number of benzene rings is 1. The number of aromatic nitrogens is 2. The fourth-order valence-electron chi connectivity index (χ4n) is 1.55. The lowest BCUT2D eigenvalue weighted by molar-refractivity contribution is 0.355. The van der Waals surface area contributed by atoms with Crippen LogP contribution in [-0.4, -0.2) is 32.8 Å². The third-order valence-corrected chi connectivity index (χ3v) is 3.32. The van der Waals surface area contributed by atoms with E-state index in [1.54, 1.807) is 18.2 Å². The Morgan fingerprint density at radius 2 is 1.95 bits per heavy atom. The van der Waals surface area contributed by atoms with Crippen LogP contribution in [0.15, 0.2) is 22.7 Å². The number of nitrogens with zero attached hydrogens (tertiary/aromatic N) is 2. The van der Waals surface area contributed by atoms with Gasteiger partial charge in [0.25, 0.3) is 0 Å². The minimum atomic E-state index is -3.74. The number of methoxy groups -OCH3 is 2. The fraction of sp³-hybridized carbons (Fsp3) is 0.273. The van der Waals surface area contributed by atoms with E-state index in [1.807, 2.05) is 0 Å². The predicted molar refractivity (Wildman–Crippen MR) is 71.3 cm³/mol. The molecule has 7 nitrogen and oxygen atoms in total. The fourth-order valence-corrected chi connectivity index (χ4v) is 2.25. The lowest BCUT2D eigenvalue weighted by Gasteiger charge is -2.07. The molecule has 1 aromatic heterocycles. The van der Waals surface area contributed by atoms with Gasteiger partial charge in [0.1, 0.15) is 5.75 Å². The van der Waals surface area contributed by atoms with Gasteiger partial charge < -0.3 is 14.0 Å². The average molecular weight is 319 g/mol. The van der Waals surface area contributed by atoms with Gasteiger partial charge in [0.15, 0.2) is 11.5 Å². The first-order chi connectivity index (χ1) is 9.43. The highest BCUT2D eigenvalue weighted by Crippen LogP contribution is 2.31. The number of hydrogen-bond donors (Lipinski definition) is 0. The summed E-state index contributed by atoms with van der Waals surface area (Å²) in [5.74, 6) is 0.699. The van der Waals surface area contributed by atoms with Crippen LogP contribution in [-0.2, 0) is 14.8 Å². The quantitative estimate of drug-likeness (QED) is 0.776. The smallest absolute Gasteiger partial charge is 0.243 e. The molecule has 0 radical (unpaired) electrons. The SMILES string of the molecule is COc1ccc(-c2noc(CS(=O)(=O)Cl)n2)cc1OC. The molecule has 0 N–H and O–H groups in total. The molecule has 0 aliphatic rings. The molecule has 9 heteroatoms. The van der Waals surface area contributed by atoms with Crippen molar-refractivity contribution in [2.75, 3.05) is 14.2 Å². The van der Waals surface area contributed by atoms with Gasteiger partial charge in [-0.1, -0.05) is 5.16 Å². The Kier molecular flexibility index (Phi) is 4.15. The molecule has 0 aliphatic carbocycles. The van der Waals surface area contributed by atoms with Crippen molar-refractivity contribution in [3.8, 4) is 22.9 Å². The van der Waals surface area contributed by atoms with Gasteiger partial charge in [0, 0.05) is 16.2 Å². The van der Waals surface area contributed by atoms with Crippen LogP contribution < -0.4 is 9.47 Å². The maximum absolute atomic E-state index is 10.9. The summed E-state index contributed by atoms with van der Waals surface area (Å²) in [5.41, 5.74) is 0.602. The predicted octanol–water partition coefficient (Wildman–Crippen LogP) is 1.82. The van der Waals surface area contributed by atoms with Gasteiger partial charge in [-0.15, -0.1) is 0 Å². The molecule has 1 aromatic carbocycles. The highest BCUT2D eigenvalue weighted by Gasteiger charge is 2.16. The summed E-state index contributed by atoms with van der Waals surface area (Å²) in [4.78, 5) is 3.96. The van der Waals surface area contributed by atoms with Gasteiger partial charge in [0.05, 0.1) is 14.2 Å². The zero-order chi connectivity index (χ0) is 14.8. The number of rotatable bonds is 5. The Labute approximate surface area is 119 Å². The van der Waals surface area contributed by atoms with Crippen LogP contribution in [0.2, 0.25) is 0 Å². The third-order valence-electron chi connectivity index (χ3n) is 2.41. The van der Waals surface area contributed by atoms with E-state index in [2.05, 4.69) is 10.1 Å². The van der Waals surface area contributed by atoms with Gasteiger partial charge >= 0.3 is 0 Å². The summed E-state index contributed by atoms with van der Waals surface area (Å²) in [6.45, 7) is 0. The first-order valence-electron chi connectivity index (χ1n) is 5.40. The van der Waals surface area contributed by atoms with Crippen LogP contribution in [0.1, 0.15) is 5.89 Å². The zero-order valence-electron chi connectivity index (χ0n) is 10.7. The minimum absolute atomic E-state index is 0.0789. The molecule has 0 aliphatic heterocycles. The topological polar surface area (TPSA) is 91.5 Å². The summed E-state index contributed by atoms with van der Waals surface area (Å²) in [7, 11) is 4.41. The Morgan fingerprint density at radius 3 is 2.55 bits per heavy atom. The molecule has 108 valence electrons. The molecule has 0 bridgehead atoms. The van der Waals surface area contributed by atoms with Crippen molar-refractivity contribution in [3.05, 3.63) is 24.1 Å². The van der Waals surface area contributed by atoms with Gasteiger partial charge in [-0.25, -0.2) is 8.42 Å². The number of ether oxygens (including phenoxy) is 2. The lowest BCUT2D eigenvalue weighted by atomic mass is 10.2. The van der Waals surface area contributed by atoms with Crippen LogP contribution >= 0.6 is 10.7 Å². The van der Waals surface area contributed by atoms with E-state index in [0.717, 1.165) is 0 Å². The molecule has 2 rings (SSSR count). The van der Waals surface area contributed by atoms with Gasteiger partial charge in [-0.3, -0.25) is 0 Å². The molecular weight excluding hydrogens is 308 g/mol. The van der Waals surface area contributed by atoms with E-state index >= 15 is 0 Å². The molecule has 0 amide bonds. The van der Waals surface area contributed by atoms with Crippen molar-refractivity contribution < 1.29 is 22.4 Å². The summed E-state index contributed by atoms with van der Waals surface area (Å²) < 4.78 is 37.0. The molecule has 0 unspecified atom stereocenters. The molecule has 1 heterocycles. The highest BCUT2D eigenvalue weighted by molar-refractivity contribution is 8.13. The summed E-state index contributed by atoms with van der Waals surface area (Å²) in [6.07, 6.45) is 0. The first-order valence-corrected chi connectivity index (χ1v) is 7.88. The van der Waals surface area contributed by atoms with Crippen LogP contribution in [0, 0.1) is 0 Å². The van der Waals surface area contributed by atoms with Crippen molar-refractivity contribution in [2.45, 2.75) is 5.75 Å². The molecule has 0 spiro atoms. The Bertz CT molecular complexity index is 713. The molecule has 0 fully saturated rings. The van der Waals surface area contributed by atoms with Gasteiger partial charge in [-0.2, -0.15) is 4.98 Å². The van der Waals surface area contributed by atoms with Crippen molar-refractivity contribution in [1.82, 2.24) is 10.1 Å². The maximum atomic E-state index is 10.9. The van der Waals surface area contributed by atoms with Crippen molar-refractivity contribution >= 4 is 19.7 Å². The second-order valence-corrected chi connectivity index (χ2v) is 6.54. The van der Waals surface area contributed by atoms with E-state index < -0.39 is 14.8 Å². The highest BCUT2D eigenvalue weighted by atomic mass is 35.7. The van der Waals surface area contributed by atoms with Gasteiger partial charge in [-0.05, 0) is 18.2 Å². The molecule has 0 saturated heterocycles. The molecule has 0 saturated carbocycles. The monoisotopic (exact) mass is 318 g/mol. The molecule has 20 heavy (non-hydrogen) atoms. The Balaban J connectivity index is 2.32. The molecule has 0 atom stereocenters. The van der Waals surface area contributed by atoms with Crippen LogP contribution in [0.5, 0.6) is 11.5 Å². The van der Waals surface area contributed by atoms with Gasteiger partial charge in [0.2, 0.25) is 20.8 Å². The van der Waals surface area contributed by atoms with E-state index in [0.29, 0.717) is 17.1 Å². The van der Waals surface area contributed by atoms with Crippen LogP contribution in [0.25, 0.3) is 11.4 Å². The third kappa shape index (κ3) is 3.40. The average Bonchev–Trinajstić information content (AvgIpc) is 2.84. The second-order valence-electron chi connectivity index (χ2n) is 3.76. The normalized spacial score (nSPS) is 11.3. The Hall–Kier alpha value is -1.80. The second kappa shape index (κ2) is 5.68. The molecular formula is C11H11ClN2O5S. The van der Waals surface area contributed by atoms with E-state index in [-0.39, 0.29) is 11.7 Å². The van der Waals surface area contributed by atoms with E-state index in [9.17, 15) is 8.42 Å². The van der Waals surface area contributed by atoms with E-state index in [1.165, 1.54) is 14.2 Å². The van der Waals surface area contributed by atoms with E-state index in [4.69, 9.17) is 24.7 Å². The summed E-state index contributed by atoms with van der Waals surface area (Å²) >= 11 is 0. The lowest BCUT2D eigenvalue weighted by Crippen LogP contribution is -1.95. The van der Waals surface area contributed by atoms with Crippen LogP contribution in [0.4, 0.5) is 0 Å². The zero-order valence-corrected chi connectivity index (χ0v) is 12.2. The summed E-state index contributed by atoms with van der Waals surface area (Å²) in [6, 6.07) is 5.04. The van der Waals surface area contributed by atoms with Crippen molar-refractivity contribution in [3.63, 3.8) is 0 Å². The largest absolute Gasteiger partial charge is 0.493 e. The standard InChI is InChI=1S/C11H11ClN2O5S/c1-17-8-4-3-7(5-9(8)18-2)11-13-10(19-14-11)6-20(12,15)16/h3-5H,6H2,1-2H3. The number of hydrogen-bond acceptors (Lipinski definition) is 7. The van der Waals surface area contributed by atoms with Crippen molar-refractivity contribution in [2.24, 2.45) is 0 Å². The summed E-state index contributed by atoms with van der Waals surface area (Å²) in [5, 5.41) is 3.70. The Morgan fingerprint density at radius 1 is 1.25 bits per heavy atom. The molecule has 2 aromatic rings. The minimum Gasteiger partial charge on any atom is -0.493 e. The number of halogens is 1. The first kappa shape index (κ1) is 14.6. The maximum Gasteiger partial charge on any atom is 0.243 e. The van der Waals surface area contributed by atoms with Crippen molar-refractivity contribution in [1.29, 1.82) is 0 Å².